The summed E-state index contributed by atoms with van der Waals surface area (Å²) >= 11 is 0. The van der Waals surface area contributed by atoms with Gasteiger partial charge in [-0.3, -0.25) is 14.5 Å². The van der Waals surface area contributed by atoms with Gasteiger partial charge in [0, 0.05) is 26.6 Å². The fourth-order valence-corrected chi connectivity index (χ4v) is 5.63. The number of hydrogen-bond donors (Lipinski definition) is 1. The van der Waals surface area contributed by atoms with E-state index in [1.54, 1.807) is 16.8 Å². The van der Waals surface area contributed by atoms with Gasteiger partial charge in [0.2, 0.25) is 5.91 Å². The molecule has 6 rings (SSSR count). The van der Waals surface area contributed by atoms with E-state index in [0.29, 0.717) is 55.5 Å². The number of morpholine rings is 1. The maximum absolute atomic E-state index is 14.2. The topological polar surface area (TPSA) is 91.4 Å². The molecule has 1 N–H and O–H groups in total. The van der Waals surface area contributed by atoms with Crippen LogP contribution in [0, 0.1) is 0 Å². The Hall–Kier alpha value is -4.63. The third-order valence-corrected chi connectivity index (χ3v) is 7.81. The molecule has 0 bridgehead atoms. The molecule has 9 heteroatoms. The molecule has 0 spiro atoms. The number of hydrogen-bond acceptors (Lipinski definition) is 5. The van der Waals surface area contributed by atoms with Crippen LogP contribution >= 0.6 is 0 Å². The zero-order chi connectivity index (χ0) is 28.3. The summed E-state index contributed by atoms with van der Waals surface area (Å²) in [5.41, 5.74) is 2.76. The zero-order valence-electron chi connectivity index (χ0n) is 22.9. The molecule has 210 valence electrons. The van der Waals surface area contributed by atoms with Crippen molar-refractivity contribution in [1.82, 2.24) is 20.0 Å². The minimum Gasteiger partial charge on any atom is -0.457 e. The molecule has 3 aliphatic heterocycles. The fourth-order valence-electron chi connectivity index (χ4n) is 5.63. The lowest BCUT2D eigenvalue weighted by atomic mass is 9.95. The van der Waals surface area contributed by atoms with Crippen LogP contribution in [0.2, 0.25) is 0 Å². The van der Waals surface area contributed by atoms with Crippen molar-refractivity contribution in [3.05, 3.63) is 107 Å². The molecule has 0 unspecified atom stereocenters. The molecular weight excluding hydrogens is 520 g/mol. The van der Waals surface area contributed by atoms with Gasteiger partial charge >= 0.3 is 6.03 Å². The third kappa shape index (κ3) is 5.40. The van der Waals surface area contributed by atoms with Crippen molar-refractivity contribution in [2.24, 2.45) is 0 Å². The molecule has 3 aromatic carbocycles. The Morgan fingerprint density at radius 1 is 0.951 bits per heavy atom. The second-order valence-corrected chi connectivity index (χ2v) is 10.4. The minimum atomic E-state index is -0.717. The van der Waals surface area contributed by atoms with Crippen LogP contribution in [0.4, 0.5) is 4.79 Å². The number of carbonyl (C=O) groups excluding carboxylic acids is 3. The number of ether oxygens (including phenoxy) is 2. The normalized spacial score (nSPS) is 19.6. The molecule has 3 heterocycles. The van der Waals surface area contributed by atoms with Crippen LogP contribution in [0.3, 0.4) is 0 Å². The molecule has 3 aromatic rings. The molecule has 0 aromatic heterocycles. The molecule has 3 aliphatic rings. The summed E-state index contributed by atoms with van der Waals surface area (Å²) in [7, 11) is 1.66. The minimum absolute atomic E-state index is 0.109. The third-order valence-electron chi connectivity index (χ3n) is 7.81. The van der Waals surface area contributed by atoms with Gasteiger partial charge < -0.3 is 24.6 Å². The van der Waals surface area contributed by atoms with Gasteiger partial charge in [0.05, 0.1) is 37.1 Å². The summed E-state index contributed by atoms with van der Waals surface area (Å²) in [6.07, 6.45) is 0.374. The number of amides is 4. The first-order chi connectivity index (χ1) is 20.0. The quantitative estimate of drug-likeness (QED) is 0.482. The fraction of sp³-hybridized carbons (Fsp3) is 0.281. The molecule has 9 nitrogen and oxygen atoms in total. The van der Waals surface area contributed by atoms with Crippen molar-refractivity contribution in [3.63, 3.8) is 0 Å². The molecule has 1 saturated heterocycles. The molecular formula is C32H32N4O5. The predicted molar refractivity (Wildman–Crippen MR) is 152 cm³/mol. The smallest absolute Gasteiger partial charge is 0.322 e. The molecule has 0 saturated carbocycles. The molecule has 41 heavy (non-hydrogen) atoms. The summed E-state index contributed by atoms with van der Waals surface area (Å²) in [5, 5.41) is 2.99. The first kappa shape index (κ1) is 26.6. The Bertz CT molecular complexity index is 1470. The van der Waals surface area contributed by atoms with Crippen molar-refractivity contribution in [2.75, 3.05) is 39.9 Å². The Balaban J connectivity index is 1.32. The second-order valence-electron chi connectivity index (χ2n) is 10.4. The monoisotopic (exact) mass is 552 g/mol. The Morgan fingerprint density at radius 2 is 1.63 bits per heavy atom. The number of benzene rings is 3. The Labute approximate surface area is 238 Å². The predicted octanol–water partition coefficient (Wildman–Crippen LogP) is 3.74. The van der Waals surface area contributed by atoms with Gasteiger partial charge in [-0.25, -0.2) is 4.79 Å². The van der Waals surface area contributed by atoms with Gasteiger partial charge in [-0.05, 0) is 35.4 Å². The van der Waals surface area contributed by atoms with Crippen molar-refractivity contribution in [3.8, 4) is 11.5 Å². The largest absolute Gasteiger partial charge is 0.457 e. The van der Waals surface area contributed by atoms with Crippen LogP contribution in [-0.4, -0.2) is 78.5 Å². The zero-order valence-corrected chi connectivity index (χ0v) is 22.9. The van der Waals surface area contributed by atoms with Gasteiger partial charge in [0.15, 0.2) is 0 Å². The van der Waals surface area contributed by atoms with Crippen molar-refractivity contribution in [2.45, 2.75) is 18.5 Å². The average molecular weight is 553 g/mol. The Kier molecular flexibility index (Phi) is 7.43. The summed E-state index contributed by atoms with van der Waals surface area (Å²) in [4.78, 5) is 46.1. The van der Waals surface area contributed by atoms with Crippen LogP contribution in [0.1, 0.15) is 17.2 Å². The molecule has 0 aliphatic carbocycles. The maximum atomic E-state index is 14.2. The maximum Gasteiger partial charge on any atom is 0.322 e. The molecule has 1 fully saturated rings. The van der Waals surface area contributed by atoms with Crippen LogP contribution in [0.25, 0.3) is 0 Å². The number of carbonyl (C=O) groups is 3. The van der Waals surface area contributed by atoms with Crippen molar-refractivity contribution < 1.29 is 23.9 Å². The van der Waals surface area contributed by atoms with Gasteiger partial charge in [0.25, 0.3) is 5.91 Å². The summed E-state index contributed by atoms with van der Waals surface area (Å²) in [6.45, 7) is 2.07. The van der Waals surface area contributed by atoms with E-state index in [1.165, 1.54) is 4.90 Å². The average Bonchev–Trinajstić information content (AvgIpc) is 3.36. The van der Waals surface area contributed by atoms with E-state index >= 15 is 0 Å². The van der Waals surface area contributed by atoms with E-state index in [-0.39, 0.29) is 24.4 Å². The van der Waals surface area contributed by atoms with Crippen LogP contribution < -0.4 is 10.1 Å². The highest BCUT2D eigenvalue weighted by molar-refractivity contribution is 6.03. The first-order valence-corrected chi connectivity index (χ1v) is 13.8. The number of rotatable bonds is 7. The van der Waals surface area contributed by atoms with Crippen LogP contribution in [0.5, 0.6) is 11.5 Å². The van der Waals surface area contributed by atoms with Crippen LogP contribution in [0.15, 0.2) is 96.2 Å². The lowest BCUT2D eigenvalue weighted by Gasteiger charge is -2.34. The number of nitrogens with zero attached hydrogens (tertiary/aromatic N) is 3. The highest BCUT2D eigenvalue weighted by Gasteiger charge is 2.47. The standard InChI is InChI=1S/C32H32N4O5/c1-34-27-21-36(26(19-22-9-4-2-5-10-22)30(37)35-15-17-40-18-16-35)31(38)28(27)29(33-32(34)39)23-11-8-14-25(20-23)41-24-12-6-3-7-13-24/h2-14,20,26,29H,15-19,21H2,1H3,(H,33,39)/t26-,29+/m1/s1. The molecule has 4 amide bonds. The van der Waals surface area contributed by atoms with Crippen molar-refractivity contribution >= 4 is 17.8 Å². The second kappa shape index (κ2) is 11.5. The number of nitrogens with one attached hydrogen (secondary N) is 1. The lowest BCUT2D eigenvalue weighted by molar-refractivity contribution is -0.145. The summed E-state index contributed by atoms with van der Waals surface area (Å²) < 4.78 is 11.5. The van der Waals surface area contributed by atoms with E-state index in [0.717, 1.165) is 11.1 Å². The highest BCUT2D eigenvalue weighted by atomic mass is 16.5. The van der Waals surface area contributed by atoms with Crippen LogP contribution in [-0.2, 0) is 20.7 Å². The van der Waals surface area contributed by atoms with E-state index in [2.05, 4.69) is 5.32 Å². The first-order valence-electron chi connectivity index (χ1n) is 13.8. The van der Waals surface area contributed by atoms with E-state index in [1.807, 2.05) is 84.9 Å². The van der Waals surface area contributed by atoms with Crippen molar-refractivity contribution in [1.29, 1.82) is 0 Å². The highest BCUT2D eigenvalue weighted by Crippen LogP contribution is 2.38. The number of para-hydroxylation sites is 1. The van der Waals surface area contributed by atoms with Gasteiger partial charge in [0.1, 0.15) is 17.5 Å². The van der Waals surface area contributed by atoms with E-state index in [9.17, 15) is 14.4 Å². The molecule has 2 atom stereocenters. The number of urea groups is 1. The summed E-state index contributed by atoms with van der Waals surface area (Å²) in [5.74, 6) is 0.914. The van der Waals surface area contributed by atoms with E-state index in [4.69, 9.17) is 9.47 Å². The Morgan fingerprint density at radius 3 is 2.37 bits per heavy atom. The van der Waals surface area contributed by atoms with Gasteiger partial charge in [-0.15, -0.1) is 0 Å². The summed E-state index contributed by atoms with van der Waals surface area (Å²) in [6, 6.07) is 24.8. The molecule has 0 radical (unpaired) electrons. The van der Waals surface area contributed by atoms with Gasteiger partial charge in [-0.1, -0.05) is 60.7 Å². The SMILES string of the molecule is CN1C(=O)N[C@@H](c2cccc(Oc3ccccc3)c2)C2=C1CN([C@H](Cc1ccccc1)C(=O)N1CCOCC1)C2=O. The van der Waals surface area contributed by atoms with E-state index < -0.39 is 12.1 Å². The number of likely N-dealkylation sites (N-methyl/N-ethyl adjacent to an activating group) is 1. The van der Waals surface area contributed by atoms with Gasteiger partial charge in [-0.2, -0.15) is 0 Å². The lowest BCUT2D eigenvalue weighted by Crippen LogP contribution is -2.53.